The van der Waals surface area contributed by atoms with E-state index in [0.717, 1.165) is 12.8 Å². The quantitative estimate of drug-likeness (QED) is 0.711. The fraction of sp³-hybridized carbons (Fsp3) is 0.857. The Labute approximate surface area is 119 Å². The third-order valence-electron chi connectivity index (χ3n) is 4.73. The molecule has 114 valence electrons. The molecule has 3 N–H and O–H groups in total. The van der Waals surface area contributed by atoms with E-state index < -0.39 is 11.4 Å². The second-order valence-corrected chi connectivity index (χ2v) is 6.40. The van der Waals surface area contributed by atoms with E-state index in [-0.39, 0.29) is 18.0 Å². The lowest BCUT2D eigenvalue weighted by Gasteiger charge is -2.38. The standard InChI is InChI=1S/C14H24N2O4/c1-13(3-2-4-13)9-15-12(19)16-10-14(11(17)18)5-7-20-8-6-14/h2-10H2,1H3,(H,17,18)(H2,15,16,19). The molecule has 0 bridgehead atoms. The number of aliphatic carboxylic acids is 1. The predicted octanol–water partition coefficient (Wildman–Crippen LogP) is 1.36. The van der Waals surface area contributed by atoms with Crippen molar-refractivity contribution in [1.29, 1.82) is 0 Å². The number of hydrogen-bond donors (Lipinski definition) is 3. The van der Waals surface area contributed by atoms with Crippen molar-refractivity contribution in [2.75, 3.05) is 26.3 Å². The number of urea groups is 1. The van der Waals surface area contributed by atoms with Crippen molar-refractivity contribution in [3.8, 4) is 0 Å². The van der Waals surface area contributed by atoms with Gasteiger partial charge < -0.3 is 20.5 Å². The lowest BCUT2D eigenvalue weighted by molar-refractivity contribution is -0.154. The van der Waals surface area contributed by atoms with Crippen LogP contribution in [0.3, 0.4) is 0 Å². The summed E-state index contributed by atoms with van der Waals surface area (Å²) in [5.41, 5.74) is -0.656. The summed E-state index contributed by atoms with van der Waals surface area (Å²) in [7, 11) is 0. The number of ether oxygens (including phenoxy) is 1. The lowest BCUT2D eigenvalue weighted by Crippen LogP contribution is -2.50. The van der Waals surface area contributed by atoms with Crippen LogP contribution in [0.1, 0.15) is 39.0 Å². The number of hydrogen-bond acceptors (Lipinski definition) is 3. The Kier molecular flexibility index (Phi) is 4.52. The molecule has 6 heteroatoms. The largest absolute Gasteiger partial charge is 0.481 e. The van der Waals surface area contributed by atoms with E-state index in [0.29, 0.717) is 32.6 Å². The second kappa shape index (κ2) is 5.99. The smallest absolute Gasteiger partial charge is 0.314 e. The van der Waals surface area contributed by atoms with E-state index in [4.69, 9.17) is 4.74 Å². The van der Waals surface area contributed by atoms with E-state index in [2.05, 4.69) is 17.6 Å². The van der Waals surface area contributed by atoms with Crippen LogP contribution < -0.4 is 10.6 Å². The highest BCUT2D eigenvalue weighted by atomic mass is 16.5. The Morgan fingerprint density at radius 3 is 2.20 bits per heavy atom. The van der Waals surface area contributed by atoms with Crippen molar-refractivity contribution >= 4 is 12.0 Å². The van der Waals surface area contributed by atoms with E-state index in [9.17, 15) is 14.7 Å². The van der Waals surface area contributed by atoms with Gasteiger partial charge in [0.15, 0.2) is 0 Å². The van der Waals surface area contributed by atoms with Gasteiger partial charge in [0.05, 0.1) is 5.41 Å². The van der Waals surface area contributed by atoms with Crippen molar-refractivity contribution in [1.82, 2.24) is 10.6 Å². The number of nitrogens with one attached hydrogen (secondary N) is 2. The van der Waals surface area contributed by atoms with Gasteiger partial charge in [0.1, 0.15) is 0 Å². The minimum absolute atomic E-state index is 0.161. The van der Waals surface area contributed by atoms with E-state index in [1.54, 1.807) is 0 Å². The molecule has 2 amide bonds. The van der Waals surface area contributed by atoms with Crippen molar-refractivity contribution in [2.45, 2.75) is 39.0 Å². The summed E-state index contributed by atoms with van der Waals surface area (Å²) in [6.07, 6.45) is 4.40. The third-order valence-corrected chi connectivity index (χ3v) is 4.73. The van der Waals surface area contributed by atoms with Crippen LogP contribution in [-0.4, -0.2) is 43.4 Å². The maximum Gasteiger partial charge on any atom is 0.314 e. The van der Waals surface area contributed by atoms with Crippen molar-refractivity contribution in [3.63, 3.8) is 0 Å². The molecule has 0 aromatic heterocycles. The third kappa shape index (κ3) is 3.42. The summed E-state index contributed by atoms with van der Waals surface area (Å²) < 4.78 is 5.20. The van der Waals surface area contributed by atoms with Crippen molar-refractivity contribution in [3.05, 3.63) is 0 Å². The average molecular weight is 284 g/mol. The number of rotatable bonds is 5. The van der Waals surface area contributed by atoms with Gasteiger partial charge in [-0.15, -0.1) is 0 Å². The summed E-state index contributed by atoms with van der Waals surface area (Å²) in [6, 6.07) is -0.273. The van der Waals surface area contributed by atoms with Crippen LogP contribution in [0, 0.1) is 10.8 Å². The van der Waals surface area contributed by atoms with Gasteiger partial charge in [0.2, 0.25) is 0 Å². The van der Waals surface area contributed by atoms with Crippen molar-refractivity contribution in [2.24, 2.45) is 10.8 Å². The van der Waals surface area contributed by atoms with Gasteiger partial charge in [0.25, 0.3) is 0 Å². The molecule has 6 nitrogen and oxygen atoms in total. The Hall–Kier alpha value is -1.30. The van der Waals surface area contributed by atoms with E-state index in [1.165, 1.54) is 6.42 Å². The highest BCUT2D eigenvalue weighted by Crippen LogP contribution is 2.39. The van der Waals surface area contributed by atoms with Crippen LogP contribution >= 0.6 is 0 Å². The van der Waals surface area contributed by atoms with E-state index >= 15 is 0 Å². The molecule has 1 aliphatic carbocycles. The predicted molar refractivity (Wildman–Crippen MR) is 73.5 cm³/mol. The fourth-order valence-corrected chi connectivity index (χ4v) is 2.79. The SMILES string of the molecule is CC1(CNC(=O)NCC2(C(=O)O)CCOCC2)CCC1. The van der Waals surface area contributed by atoms with Crippen LogP contribution in [0.5, 0.6) is 0 Å². The molecule has 2 fully saturated rings. The van der Waals surface area contributed by atoms with Crippen molar-refractivity contribution < 1.29 is 19.4 Å². The molecule has 1 saturated carbocycles. The monoisotopic (exact) mass is 284 g/mol. The maximum atomic E-state index is 11.8. The maximum absolute atomic E-state index is 11.8. The normalized spacial score (nSPS) is 23.4. The minimum Gasteiger partial charge on any atom is -0.481 e. The van der Waals surface area contributed by atoms with Crippen LogP contribution in [0.4, 0.5) is 4.79 Å². The molecule has 0 aromatic carbocycles. The van der Waals surface area contributed by atoms with Gasteiger partial charge >= 0.3 is 12.0 Å². The fourth-order valence-electron chi connectivity index (χ4n) is 2.79. The average Bonchev–Trinajstić information content (AvgIpc) is 2.41. The summed E-state index contributed by atoms with van der Waals surface area (Å²) >= 11 is 0. The number of carboxylic acids is 1. The molecule has 0 radical (unpaired) electrons. The first kappa shape index (κ1) is 15.1. The summed E-state index contributed by atoms with van der Waals surface area (Å²) in [6.45, 7) is 3.85. The molecule has 0 aromatic rings. The highest BCUT2D eigenvalue weighted by Gasteiger charge is 2.40. The first-order valence-corrected chi connectivity index (χ1v) is 7.29. The molecular formula is C14H24N2O4. The topological polar surface area (TPSA) is 87.7 Å². The van der Waals surface area contributed by atoms with Gasteiger partial charge in [-0.25, -0.2) is 4.79 Å². The second-order valence-electron chi connectivity index (χ2n) is 6.40. The zero-order valence-electron chi connectivity index (χ0n) is 12.0. The van der Waals surface area contributed by atoms with Gasteiger partial charge in [-0.05, 0) is 31.1 Å². The molecule has 20 heavy (non-hydrogen) atoms. The number of carboxylic acid groups (broad SMARTS) is 1. The molecule has 1 saturated heterocycles. The molecule has 2 aliphatic rings. The van der Waals surface area contributed by atoms with Crippen LogP contribution in [0.25, 0.3) is 0 Å². The first-order valence-electron chi connectivity index (χ1n) is 7.29. The molecule has 0 atom stereocenters. The molecule has 0 unspecified atom stereocenters. The van der Waals surface area contributed by atoms with Gasteiger partial charge in [-0.3, -0.25) is 4.79 Å². The number of amides is 2. The van der Waals surface area contributed by atoms with Crippen LogP contribution in [-0.2, 0) is 9.53 Å². The summed E-state index contributed by atoms with van der Waals surface area (Å²) in [4.78, 5) is 23.2. The lowest BCUT2D eigenvalue weighted by atomic mass is 9.70. The van der Waals surface area contributed by atoms with Crippen LogP contribution in [0.2, 0.25) is 0 Å². The summed E-state index contributed by atoms with van der Waals surface area (Å²) in [5, 5.41) is 14.9. The van der Waals surface area contributed by atoms with E-state index in [1.807, 2.05) is 0 Å². The highest BCUT2D eigenvalue weighted by molar-refractivity contribution is 5.78. The van der Waals surface area contributed by atoms with Gasteiger partial charge in [-0.2, -0.15) is 0 Å². The molecule has 1 heterocycles. The zero-order chi connectivity index (χ0) is 14.6. The Morgan fingerprint density at radius 2 is 1.70 bits per heavy atom. The molecule has 1 aliphatic heterocycles. The summed E-state index contributed by atoms with van der Waals surface area (Å²) in [5.74, 6) is -0.855. The van der Waals surface area contributed by atoms with Gasteiger partial charge in [0, 0.05) is 26.3 Å². The minimum atomic E-state index is -0.879. The Balaban J connectivity index is 1.77. The number of carbonyl (C=O) groups is 2. The first-order chi connectivity index (χ1) is 9.46. The molecule has 0 spiro atoms. The zero-order valence-corrected chi connectivity index (χ0v) is 12.0. The Bertz CT molecular complexity index is 373. The molecule has 2 rings (SSSR count). The van der Waals surface area contributed by atoms with Gasteiger partial charge in [-0.1, -0.05) is 13.3 Å². The molecular weight excluding hydrogens is 260 g/mol. The Morgan fingerprint density at radius 1 is 1.10 bits per heavy atom. The number of carbonyl (C=O) groups excluding carboxylic acids is 1. The van der Waals surface area contributed by atoms with Crippen LogP contribution in [0.15, 0.2) is 0 Å².